The molecule has 0 aliphatic carbocycles. The molecule has 20 heavy (non-hydrogen) atoms. The quantitative estimate of drug-likeness (QED) is 0.773. The van der Waals surface area contributed by atoms with E-state index in [0.717, 1.165) is 32.6 Å². The van der Waals surface area contributed by atoms with E-state index in [9.17, 15) is 4.79 Å². The van der Waals surface area contributed by atoms with Crippen LogP contribution in [0.25, 0.3) is 0 Å². The van der Waals surface area contributed by atoms with E-state index in [4.69, 9.17) is 0 Å². The standard InChI is InChI=1S/C15H25N3OS/c1-4-17(5-2)10-7-11-18-14(19)12-20-15(18)13-8-6-9-16(13)3/h6,8-9,15H,4-5,7,10-12H2,1-3H3. The average Bonchev–Trinajstić information content (AvgIpc) is 3.01. The van der Waals surface area contributed by atoms with Gasteiger partial charge >= 0.3 is 0 Å². The van der Waals surface area contributed by atoms with Gasteiger partial charge in [0.25, 0.3) is 0 Å². The fourth-order valence-electron chi connectivity index (χ4n) is 2.68. The second-order valence-electron chi connectivity index (χ2n) is 5.17. The van der Waals surface area contributed by atoms with E-state index in [2.05, 4.69) is 29.4 Å². The number of hydrogen-bond donors (Lipinski definition) is 0. The number of aromatic nitrogens is 1. The molecule has 0 N–H and O–H groups in total. The molecule has 0 aromatic carbocycles. The lowest BCUT2D eigenvalue weighted by atomic mass is 10.3. The highest BCUT2D eigenvalue weighted by Gasteiger charge is 2.33. The summed E-state index contributed by atoms with van der Waals surface area (Å²) in [5.74, 6) is 0.891. The summed E-state index contributed by atoms with van der Waals surface area (Å²) in [5.41, 5.74) is 1.23. The Labute approximate surface area is 126 Å². The fraction of sp³-hybridized carbons (Fsp3) is 0.667. The predicted octanol–water partition coefficient (Wildman–Crippen LogP) is 2.33. The van der Waals surface area contributed by atoms with Crippen LogP contribution in [0.15, 0.2) is 18.3 Å². The van der Waals surface area contributed by atoms with Crippen molar-refractivity contribution in [1.29, 1.82) is 0 Å². The highest BCUT2D eigenvalue weighted by Crippen LogP contribution is 2.38. The molecule has 2 rings (SSSR count). The van der Waals surface area contributed by atoms with E-state index in [1.807, 2.05) is 24.2 Å². The molecule has 1 unspecified atom stereocenters. The summed E-state index contributed by atoms with van der Waals surface area (Å²) in [5, 5.41) is 0.194. The Balaban J connectivity index is 1.94. The Morgan fingerprint density at radius 3 is 2.75 bits per heavy atom. The summed E-state index contributed by atoms with van der Waals surface area (Å²) in [6.07, 6.45) is 3.10. The van der Waals surface area contributed by atoms with Gasteiger partial charge in [-0.2, -0.15) is 0 Å². The Morgan fingerprint density at radius 2 is 2.15 bits per heavy atom. The fourth-order valence-corrected chi connectivity index (χ4v) is 3.96. The molecular weight excluding hydrogens is 270 g/mol. The highest BCUT2D eigenvalue weighted by molar-refractivity contribution is 8.00. The van der Waals surface area contributed by atoms with Crippen LogP contribution in [-0.4, -0.2) is 52.2 Å². The molecule has 1 aromatic heterocycles. The maximum atomic E-state index is 12.1. The van der Waals surface area contributed by atoms with E-state index >= 15 is 0 Å². The molecular formula is C15H25N3OS. The van der Waals surface area contributed by atoms with Crippen molar-refractivity contribution < 1.29 is 4.79 Å². The summed E-state index contributed by atoms with van der Waals surface area (Å²) >= 11 is 1.74. The van der Waals surface area contributed by atoms with Crippen molar-refractivity contribution in [2.24, 2.45) is 7.05 Å². The monoisotopic (exact) mass is 295 g/mol. The van der Waals surface area contributed by atoms with Crippen LogP contribution in [0.3, 0.4) is 0 Å². The van der Waals surface area contributed by atoms with E-state index in [1.54, 1.807) is 11.8 Å². The largest absolute Gasteiger partial charge is 0.352 e. The van der Waals surface area contributed by atoms with Crippen LogP contribution in [0, 0.1) is 0 Å². The first-order valence-corrected chi connectivity index (χ1v) is 8.46. The zero-order valence-corrected chi connectivity index (χ0v) is 13.5. The smallest absolute Gasteiger partial charge is 0.233 e. The van der Waals surface area contributed by atoms with Gasteiger partial charge in [-0.05, 0) is 38.2 Å². The summed E-state index contributed by atoms with van der Waals surface area (Å²) < 4.78 is 2.12. The molecule has 1 aromatic rings. The molecule has 112 valence electrons. The lowest BCUT2D eigenvalue weighted by Crippen LogP contribution is -2.33. The van der Waals surface area contributed by atoms with Crippen LogP contribution in [0.2, 0.25) is 0 Å². The van der Waals surface area contributed by atoms with Gasteiger partial charge < -0.3 is 14.4 Å². The molecule has 5 heteroatoms. The van der Waals surface area contributed by atoms with Crippen LogP contribution in [0.4, 0.5) is 0 Å². The Hall–Kier alpha value is -0.940. The Bertz CT molecular complexity index is 442. The van der Waals surface area contributed by atoms with Gasteiger partial charge in [0.15, 0.2) is 0 Å². The van der Waals surface area contributed by atoms with Crippen LogP contribution >= 0.6 is 11.8 Å². The summed E-state index contributed by atoms with van der Waals surface area (Å²) in [4.78, 5) is 16.5. The number of rotatable bonds is 7. The zero-order valence-electron chi connectivity index (χ0n) is 12.7. The van der Waals surface area contributed by atoms with Gasteiger partial charge in [0.05, 0.1) is 11.4 Å². The minimum absolute atomic E-state index is 0.194. The number of aryl methyl sites for hydroxylation is 1. The molecule has 1 aliphatic rings. The van der Waals surface area contributed by atoms with E-state index in [-0.39, 0.29) is 11.3 Å². The molecule has 1 atom stereocenters. The maximum absolute atomic E-state index is 12.1. The van der Waals surface area contributed by atoms with Crippen molar-refractivity contribution in [2.45, 2.75) is 25.6 Å². The second kappa shape index (κ2) is 7.18. The third-order valence-corrected chi connectivity index (χ3v) is 5.20. The van der Waals surface area contributed by atoms with Crippen molar-refractivity contribution in [3.05, 3.63) is 24.0 Å². The third kappa shape index (κ3) is 3.38. The van der Waals surface area contributed by atoms with Crippen molar-refractivity contribution in [3.63, 3.8) is 0 Å². The minimum atomic E-state index is 0.194. The molecule has 1 amide bonds. The van der Waals surface area contributed by atoms with E-state index in [1.165, 1.54) is 5.69 Å². The van der Waals surface area contributed by atoms with Crippen LogP contribution in [-0.2, 0) is 11.8 Å². The van der Waals surface area contributed by atoms with Crippen molar-refractivity contribution in [3.8, 4) is 0 Å². The first-order chi connectivity index (χ1) is 9.67. The molecule has 0 saturated carbocycles. The number of carbonyl (C=O) groups is 1. The van der Waals surface area contributed by atoms with Gasteiger partial charge in [0.1, 0.15) is 5.37 Å². The first kappa shape index (κ1) is 15.4. The second-order valence-corrected chi connectivity index (χ2v) is 6.24. The lowest BCUT2D eigenvalue weighted by molar-refractivity contribution is -0.128. The normalized spacial score (nSPS) is 19.3. The van der Waals surface area contributed by atoms with Gasteiger partial charge in [-0.3, -0.25) is 4.79 Å². The summed E-state index contributed by atoms with van der Waals surface area (Å²) in [6.45, 7) is 8.47. The number of carbonyl (C=O) groups excluding carboxylic acids is 1. The minimum Gasteiger partial charge on any atom is -0.352 e. The van der Waals surface area contributed by atoms with Gasteiger partial charge in [0.2, 0.25) is 5.91 Å². The van der Waals surface area contributed by atoms with Crippen molar-refractivity contribution in [2.75, 3.05) is 31.9 Å². The molecule has 0 spiro atoms. The molecule has 0 bridgehead atoms. The SMILES string of the molecule is CCN(CC)CCCN1C(=O)CSC1c1cccn1C. The predicted molar refractivity (Wildman–Crippen MR) is 84.7 cm³/mol. The number of nitrogens with zero attached hydrogens (tertiary/aromatic N) is 3. The molecule has 1 fully saturated rings. The highest BCUT2D eigenvalue weighted by atomic mass is 32.2. The molecule has 1 saturated heterocycles. The van der Waals surface area contributed by atoms with Gasteiger partial charge in [-0.15, -0.1) is 11.8 Å². The number of thioether (sulfide) groups is 1. The number of amides is 1. The van der Waals surface area contributed by atoms with Crippen molar-refractivity contribution >= 4 is 17.7 Å². The van der Waals surface area contributed by atoms with Crippen molar-refractivity contribution in [1.82, 2.24) is 14.4 Å². The van der Waals surface area contributed by atoms with Crippen LogP contribution in [0.1, 0.15) is 31.3 Å². The zero-order chi connectivity index (χ0) is 14.5. The van der Waals surface area contributed by atoms with E-state index < -0.39 is 0 Å². The lowest BCUT2D eigenvalue weighted by Gasteiger charge is -2.26. The Morgan fingerprint density at radius 1 is 1.40 bits per heavy atom. The molecule has 0 radical (unpaired) electrons. The average molecular weight is 295 g/mol. The molecule has 4 nitrogen and oxygen atoms in total. The van der Waals surface area contributed by atoms with Gasteiger partial charge in [-0.1, -0.05) is 13.8 Å². The number of hydrogen-bond acceptors (Lipinski definition) is 3. The first-order valence-electron chi connectivity index (χ1n) is 7.42. The molecule has 2 heterocycles. The summed E-state index contributed by atoms with van der Waals surface area (Å²) in [6, 6.07) is 4.17. The topological polar surface area (TPSA) is 28.5 Å². The summed E-state index contributed by atoms with van der Waals surface area (Å²) in [7, 11) is 2.05. The van der Waals surface area contributed by atoms with Crippen LogP contribution in [0.5, 0.6) is 0 Å². The Kier molecular flexibility index (Phi) is 5.54. The third-order valence-electron chi connectivity index (χ3n) is 3.97. The van der Waals surface area contributed by atoms with Crippen LogP contribution < -0.4 is 0 Å². The van der Waals surface area contributed by atoms with Gasteiger partial charge in [-0.25, -0.2) is 0 Å². The van der Waals surface area contributed by atoms with Gasteiger partial charge in [0, 0.05) is 19.8 Å². The maximum Gasteiger partial charge on any atom is 0.233 e. The van der Waals surface area contributed by atoms with E-state index in [0.29, 0.717) is 5.75 Å². The molecule has 1 aliphatic heterocycles.